The van der Waals surface area contributed by atoms with E-state index < -0.39 is 12.2 Å². The fraction of sp³-hybridized carbons (Fsp3) is 0.857. The molecular formula is C14H25N3O4. The Morgan fingerprint density at radius 2 is 1.38 bits per heavy atom. The summed E-state index contributed by atoms with van der Waals surface area (Å²) in [5, 5.41) is 19.1. The highest BCUT2D eigenvalue weighted by molar-refractivity contribution is 4.83. The van der Waals surface area contributed by atoms with Crippen molar-refractivity contribution < 1.29 is 10.2 Å². The molecule has 0 amide bonds. The van der Waals surface area contributed by atoms with Crippen molar-refractivity contribution in [2.75, 3.05) is 0 Å². The molecule has 120 valence electrons. The van der Waals surface area contributed by atoms with E-state index in [0.717, 1.165) is 32.1 Å². The van der Waals surface area contributed by atoms with E-state index in [-0.39, 0.29) is 30.5 Å². The van der Waals surface area contributed by atoms with Gasteiger partial charge in [0.2, 0.25) is 0 Å². The highest BCUT2D eigenvalue weighted by Gasteiger charge is 2.25. The highest BCUT2D eigenvalue weighted by atomic mass is 16.3. The Morgan fingerprint density at radius 3 is 1.76 bits per heavy atom. The summed E-state index contributed by atoms with van der Waals surface area (Å²) in [6.07, 6.45) is 3.39. The van der Waals surface area contributed by atoms with Crippen LogP contribution in [0.5, 0.6) is 0 Å². The van der Waals surface area contributed by atoms with Gasteiger partial charge >= 0.3 is 11.4 Å². The van der Waals surface area contributed by atoms with Crippen molar-refractivity contribution in [1.29, 1.82) is 0 Å². The zero-order valence-corrected chi connectivity index (χ0v) is 12.7. The Balaban J connectivity index is 2.47. The maximum Gasteiger partial charge on any atom is 0.347 e. The smallest absolute Gasteiger partial charge is 0.347 e. The number of aliphatic hydroxyl groups is 2. The number of aromatic nitrogens is 3. The molecule has 0 saturated heterocycles. The van der Waals surface area contributed by atoms with Crippen LogP contribution < -0.4 is 11.4 Å². The lowest BCUT2D eigenvalue weighted by molar-refractivity contribution is 0.134. The number of hydrogen-bond acceptors (Lipinski definition) is 4. The quantitative estimate of drug-likeness (QED) is 0.805. The largest absolute Gasteiger partial charge is 0.391 e. The van der Waals surface area contributed by atoms with Crippen molar-refractivity contribution in [1.82, 2.24) is 13.9 Å². The van der Waals surface area contributed by atoms with Gasteiger partial charge in [-0.1, -0.05) is 19.3 Å². The van der Waals surface area contributed by atoms with Crippen LogP contribution in [0.25, 0.3) is 0 Å². The van der Waals surface area contributed by atoms with E-state index in [4.69, 9.17) is 0 Å². The van der Waals surface area contributed by atoms with Gasteiger partial charge in [0.05, 0.1) is 25.3 Å². The van der Waals surface area contributed by atoms with Gasteiger partial charge in [-0.3, -0.25) is 0 Å². The standard InChI is InChI=1S/C14H25N3O4/c1-10(18)8-15-13(20)17(12-6-4-3-5-7-12)14(21)16(15)9-11(2)19/h10-12,18-19H,3-9H2,1-2H3. The highest BCUT2D eigenvalue weighted by Crippen LogP contribution is 2.25. The van der Waals surface area contributed by atoms with Crippen LogP contribution >= 0.6 is 0 Å². The first-order valence-corrected chi connectivity index (χ1v) is 7.70. The summed E-state index contributed by atoms with van der Waals surface area (Å²) >= 11 is 0. The van der Waals surface area contributed by atoms with E-state index >= 15 is 0 Å². The summed E-state index contributed by atoms with van der Waals surface area (Å²) in [7, 11) is 0. The van der Waals surface area contributed by atoms with Gasteiger partial charge in [0.25, 0.3) is 0 Å². The fourth-order valence-electron chi connectivity index (χ4n) is 3.04. The van der Waals surface area contributed by atoms with E-state index in [1.54, 1.807) is 13.8 Å². The van der Waals surface area contributed by atoms with Crippen molar-refractivity contribution >= 4 is 0 Å². The molecular weight excluding hydrogens is 274 g/mol. The molecule has 0 aromatic carbocycles. The van der Waals surface area contributed by atoms with E-state index in [9.17, 15) is 19.8 Å². The summed E-state index contributed by atoms with van der Waals surface area (Å²) in [6, 6.07) is -0.0609. The Kier molecular flexibility index (Phi) is 5.05. The second-order valence-corrected chi connectivity index (χ2v) is 6.09. The van der Waals surface area contributed by atoms with Crippen LogP contribution in [0.3, 0.4) is 0 Å². The molecule has 1 saturated carbocycles. The number of hydrogen-bond donors (Lipinski definition) is 2. The Hall–Kier alpha value is -1.34. The van der Waals surface area contributed by atoms with Crippen molar-refractivity contribution in [2.45, 2.75) is 77.3 Å². The number of nitrogens with zero attached hydrogens (tertiary/aromatic N) is 3. The minimum atomic E-state index is -0.732. The van der Waals surface area contributed by atoms with Crippen LogP contribution in [0.1, 0.15) is 52.0 Å². The lowest BCUT2D eigenvalue weighted by Crippen LogP contribution is -2.34. The third-order valence-corrected chi connectivity index (χ3v) is 3.96. The third kappa shape index (κ3) is 3.47. The predicted octanol–water partition coefficient (Wildman–Crippen LogP) is 0.0783. The summed E-state index contributed by atoms with van der Waals surface area (Å²) < 4.78 is 3.83. The van der Waals surface area contributed by atoms with Crippen molar-refractivity contribution in [3.8, 4) is 0 Å². The second-order valence-electron chi connectivity index (χ2n) is 6.09. The van der Waals surface area contributed by atoms with Crippen LogP contribution in [0, 0.1) is 0 Å². The Morgan fingerprint density at radius 1 is 0.952 bits per heavy atom. The minimum Gasteiger partial charge on any atom is -0.391 e. The molecule has 2 rings (SSSR count). The summed E-state index contributed by atoms with van der Waals surface area (Å²) in [5.74, 6) is 0. The van der Waals surface area contributed by atoms with E-state index in [1.807, 2.05) is 0 Å². The SMILES string of the molecule is CC(O)Cn1c(=O)n(C2CCCCC2)c(=O)n1CC(C)O. The average molecular weight is 299 g/mol. The maximum absolute atomic E-state index is 12.5. The van der Waals surface area contributed by atoms with E-state index in [0.29, 0.717) is 0 Å². The normalized spacial score (nSPS) is 19.6. The summed E-state index contributed by atoms with van der Waals surface area (Å²) in [5.41, 5.74) is -0.762. The van der Waals surface area contributed by atoms with Gasteiger partial charge in [0, 0.05) is 6.04 Å². The third-order valence-electron chi connectivity index (χ3n) is 3.96. The zero-order chi connectivity index (χ0) is 15.6. The molecule has 0 spiro atoms. The first-order valence-electron chi connectivity index (χ1n) is 7.70. The fourth-order valence-corrected chi connectivity index (χ4v) is 3.04. The molecule has 2 N–H and O–H groups in total. The lowest BCUT2D eigenvalue weighted by Gasteiger charge is -2.20. The maximum atomic E-state index is 12.5. The summed E-state index contributed by atoms with van der Waals surface area (Å²) in [4.78, 5) is 25.1. The summed E-state index contributed by atoms with van der Waals surface area (Å²) in [6.45, 7) is 3.25. The molecule has 0 aliphatic heterocycles. The zero-order valence-electron chi connectivity index (χ0n) is 12.7. The first-order chi connectivity index (χ1) is 9.91. The van der Waals surface area contributed by atoms with Gasteiger partial charge in [-0.05, 0) is 26.7 Å². The van der Waals surface area contributed by atoms with Crippen LogP contribution in [0.15, 0.2) is 9.59 Å². The molecule has 7 heteroatoms. The van der Waals surface area contributed by atoms with Crippen LogP contribution in [-0.4, -0.2) is 36.4 Å². The van der Waals surface area contributed by atoms with Gasteiger partial charge in [-0.15, -0.1) is 0 Å². The molecule has 1 heterocycles. The van der Waals surface area contributed by atoms with Gasteiger partial charge in [0.1, 0.15) is 0 Å². The average Bonchev–Trinajstić information content (AvgIpc) is 2.63. The van der Waals surface area contributed by atoms with Crippen LogP contribution in [0.2, 0.25) is 0 Å². The molecule has 0 bridgehead atoms. The molecule has 1 aliphatic rings. The topological polar surface area (TPSA) is 89.4 Å². The van der Waals surface area contributed by atoms with Crippen molar-refractivity contribution in [3.63, 3.8) is 0 Å². The van der Waals surface area contributed by atoms with Gasteiger partial charge < -0.3 is 10.2 Å². The molecule has 1 aromatic heterocycles. The molecule has 0 radical (unpaired) electrons. The van der Waals surface area contributed by atoms with E-state index in [2.05, 4.69) is 0 Å². The van der Waals surface area contributed by atoms with Crippen molar-refractivity contribution in [3.05, 3.63) is 21.0 Å². The minimum absolute atomic E-state index is 0.0561. The number of aliphatic hydroxyl groups excluding tert-OH is 2. The molecule has 1 aromatic rings. The van der Waals surface area contributed by atoms with Crippen LogP contribution in [-0.2, 0) is 13.1 Å². The first kappa shape index (κ1) is 16.0. The van der Waals surface area contributed by atoms with Gasteiger partial charge in [-0.25, -0.2) is 23.5 Å². The Labute approximate surface area is 123 Å². The molecule has 7 nitrogen and oxygen atoms in total. The monoisotopic (exact) mass is 299 g/mol. The van der Waals surface area contributed by atoms with Crippen LogP contribution in [0.4, 0.5) is 0 Å². The van der Waals surface area contributed by atoms with Gasteiger partial charge in [0.15, 0.2) is 0 Å². The number of rotatable bonds is 5. The second kappa shape index (κ2) is 6.62. The molecule has 1 fully saturated rings. The molecule has 2 unspecified atom stereocenters. The Bertz CT molecular complexity index is 535. The predicted molar refractivity (Wildman–Crippen MR) is 78.4 cm³/mol. The molecule has 2 atom stereocenters. The molecule has 21 heavy (non-hydrogen) atoms. The van der Waals surface area contributed by atoms with Crippen molar-refractivity contribution in [2.24, 2.45) is 0 Å². The molecule has 1 aliphatic carbocycles. The van der Waals surface area contributed by atoms with E-state index in [1.165, 1.54) is 13.9 Å². The van der Waals surface area contributed by atoms with Gasteiger partial charge in [-0.2, -0.15) is 0 Å². The lowest BCUT2D eigenvalue weighted by atomic mass is 9.95.